The van der Waals surface area contributed by atoms with Gasteiger partial charge < -0.3 is 9.13 Å². The summed E-state index contributed by atoms with van der Waals surface area (Å²) >= 11 is 0. The van der Waals surface area contributed by atoms with Crippen LogP contribution in [0.4, 0.5) is 0 Å². The number of nitrogens with zero attached hydrogens (tertiary/aromatic N) is 1. The van der Waals surface area contributed by atoms with Crippen molar-refractivity contribution in [2.24, 2.45) is 0 Å². The second-order valence-corrected chi connectivity index (χ2v) is 15.0. The highest BCUT2D eigenvalue weighted by Crippen LogP contribution is 2.55. The quantitative estimate of drug-likeness (QED) is 0.143. The van der Waals surface area contributed by atoms with Crippen LogP contribution < -0.4 is 15.9 Å². The van der Waals surface area contributed by atoms with Crippen LogP contribution in [0.2, 0.25) is 0 Å². The maximum atomic E-state index is 15.9. The number of benzene rings is 8. The molecular weight excluding hydrogens is 589 g/mol. The van der Waals surface area contributed by atoms with Crippen molar-refractivity contribution in [3.8, 4) is 27.9 Å². The van der Waals surface area contributed by atoms with Gasteiger partial charge >= 0.3 is 0 Å². The van der Waals surface area contributed by atoms with E-state index in [2.05, 4.69) is 138 Å². The summed E-state index contributed by atoms with van der Waals surface area (Å²) in [5.41, 5.74) is 7.89. The van der Waals surface area contributed by atoms with Gasteiger partial charge in [0.2, 0.25) is 0 Å². The fourth-order valence-corrected chi connectivity index (χ4v) is 11.4. The zero-order chi connectivity index (χ0) is 31.1. The van der Waals surface area contributed by atoms with E-state index in [4.69, 9.17) is 0 Å². The molecule has 0 saturated carbocycles. The largest absolute Gasteiger partial charge is 0.309 e. The monoisotopic (exact) mass is 617 g/mol. The molecule has 0 N–H and O–H groups in total. The normalized spacial score (nSPS) is 15.4. The molecule has 2 nitrogen and oxygen atoms in total. The van der Waals surface area contributed by atoms with Gasteiger partial charge in [-0.1, -0.05) is 158 Å². The zero-order valence-electron chi connectivity index (χ0n) is 25.5. The van der Waals surface area contributed by atoms with Gasteiger partial charge in [0, 0.05) is 37.5 Å². The SMILES string of the molecule is O=P1(c2ccccc2)c2ccccc2-c2ccc3c(c21)c1ccccc1n3-c1c2ccccc2c(-c2ccccc2)c2ccccc12. The van der Waals surface area contributed by atoms with Crippen LogP contribution in [-0.4, -0.2) is 4.57 Å². The van der Waals surface area contributed by atoms with Gasteiger partial charge in [0.05, 0.1) is 16.7 Å². The van der Waals surface area contributed by atoms with Gasteiger partial charge in [-0.3, -0.25) is 0 Å². The topological polar surface area (TPSA) is 22.0 Å². The number of rotatable bonds is 3. The fourth-order valence-electron chi connectivity index (χ4n) is 8.09. The maximum Gasteiger partial charge on any atom is 0.172 e. The molecule has 0 saturated heterocycles. The van der Waals surface area contributed by atoms with E-state index in [1.54, 1.807) is 0 Å². The van der Waals surface area contributed by atoms with E-state index in [1.165, 1.54) is 32.7 Å². The molecule has 3 heteroatoms. The lowest BCUT2D eigenvalue weighted by Gasteiger charge is -2.20. The van der Waals surface area contributed by atoms with Crippen molar-refractivity contribution in [3.05, 3.63) is 170 Å². The standard InChI is InChI=1S/C44H28NOP/c46-47(30-17-5-2-6-18-30)40-26-14-12-19-31(40)36-27-28-39-42(44(36)47)37-24-11-13-25-38(37)45(39)43-34-22-9-7-20-32(34)41(29-15-3-1-4-16-29)33-21-8-10-23-35(33)43/h1-28H. The second kappa shape index (κ2) is 9.90. The third kappa shape index (κ3) is 3.54. The van der Waals surface area contributed by atoms with Crippen molar-refractivity contribution in [1.82, 2.24) is 4.57 Å². The second-order valence-electron chi connectivity index (χ2n) is 12.4. The van der Waals surface area contributed by atoms with Gasteiger partial charge in [0.25, 0.3) is 0 Å². The predicted octanol–water partition coefficient (Wildman–Crippen LogP) is 10.4. The first-order valence-electron chi connectivity index (χ1n) is 16.1. The Labute approximate surface area is 272 Å². The summed E-state index contributed by atoms with van der Waals surface area (Å²) in [5.74, 6) is 0. The Bertz CT molecular complexity index is 2700. The van der Waals surface area contributed by atoms with Crippen molar-refractivity contribution in [1.29, 1.82) is 0 Å². The van der Waals surface area contributed by atoms with E-state index in [-0.39, 0.29) is 0 Å². The summed E-state index contributed by atoms with van der Waals surface area (Å²) in [6.07, 6.45) is 0. The van der Waals surface area contributed by atoms with E-state index in [0.717, 1.165) is 54.5 Å². The fraction of sp³-hybridized carbons (Fsp3) is 0. The van der Waals surface area contributed by atoms with Gasteiger partial charge in [-0.15, -0.1) is 0 Å². The van der Waals surface area contributed by atoms with Crippen molar-refractivity contribution in [2.45, 2.75) is 0 Å². The Balaban J connectivity index is 1.41. The highest BCUT2D eigenvalue weighted by atomic mass is 31.2. The molecule has 1 atom stereocenters. The van der Waals surface area contributed by atoms with Crippen molar-refractivity contribution >= 4 is 66.4 Å². The van der Waals surface area contributed by atoms with Crippen molar-refractivity contribution in [3.63, 3.8) is 0 Å². The minimum Gasteiger partial charge on any atom is -0.309 e. The molecule has 0 radical (unpaired) electrons. The summed E-state index contributed by atoms with van der Waals surface area (Å²) in [5, 5.41) is 9.72. The molecule has 1 aliphatic rings. The molecule has 0 aliphatic carbocycles. The van der Waals surface area contributed by atoms with Gasteiger partial charge in [0.15, 0.2) is 7.14 Å². The molecule has 1 aromatic heterocycles. The smallest absolute Gasteiger partial charge is 0.172 e. The predicted molar refractivity (Wildman–Crippen MR) is 200 cm³/mol. The Hall–Kier alpha value is -5.69. The minimum atomic E-state index is -3.19. The van der Waals surface area contributed by atoms with Gasteiger partial charge in [-0.25, -0.2) is 0 Å². The van der Waals surface area contributed by atoms with Crippen molar-refractivity contribution in [2.75, 3.05) is 0 Å². The van der Waals surface area contributed by atoms with E-state index in [0.29, 0.717) is 0 Å². The highest BCUT2D eigenvalue weighted by molar-refractivity contribution is 7.86. The lowest BCUT2D eigenvalue weighted by atomic mass is 9.90. The average molecular weight is 618 g/mol. The van der Waals surface area contributed by atoms with Gasteiger partial charge in [-0.2, -0.15) is 0 Å². The molecule has 220 valence electrons. The minimum absolute atomic E-state index is 0.874. The van der Waals surface area contributed by atoms with E-state index >= 15 is 4.57 Å². The van der Waals surface area contributed by atoms with Crippen LogP contribution in [0.3, 0.4) is 0 Å². The van der Waals surface area contributed by atoms with Crippen LogP contribution in [-0.2, 0) is 4.57 Å². The van der Waals surface area contributed by atoms with Crippen LogP contribution in [0.25, 0.3) is 71.3 Å². The highest BCUT2D eigenvalue weighted by Gasteiger charge is 2.42. The van der Waals surface area contributed by atoms with Crippen LogP contribution >= 0.6 is 7.14 Å². The van der Waals surface area contributed by atoms with E-state index < -0.39 is 7.14 Å². The summed E-state index contributed by atoms with van der Waals surface area (Å²) in [6.45, 7) is 0. The Morgan fingerprint density at radius 1 is 0.426 bits per heavy atom. The van der Waals surface area contributed by atoms with Crippen LogP contribution in [0.15, 0.2) is 170 Å². The van der Waals surface area contributed by atoms with Gasteiger partial charge in [-0.05, 0) is 45.2 Å². The summed E-state index contributed by atoms with van der Waals surface area (Å²) in [7, 11) is -3.19. The molecular formula is C44H28NOP. The zero-order valence-corrected chi connectivity index (χ0v) is 26.4. The number of fused-ring (bicyclic) bond motifs is 9. The molecule has 2 heterocycles. The first-order valence-corrected chi connectivity index (χ1v) is 17.8. The summed E-state index contributed by atoms with van der Waals surface area (Å²) in [6, 6.07) is 59.7. The molecule has 0 fully saturated rings. The third-order valence-electron chi connectivity index (χ3n) is 9.97. The maximum absolute atomic E-state index is 15.9. The molecule has 0 bridgehead atoms. The first kappa shape index (κ1) is 26.5. The molecule has 1 aliphatic heterocycles. The molecule has 9 aromatic rings. The Morgan fingerprint density at radius 3 is 1.68 bits per heavy atom. The van der Waals surface area contributed by atoms with E-state index in [1.807, 2.05) is 36.4 Å². The summed E-state index contributed by atoms with van der Waals surface area (Å²) < 4.78 is 18.3. The van der Waals surface area contributed by atoms with Crippen LogP contribution in [0, 0.1) is 0 Å². The molecule has 0 spiro atoms. The average Bonchev–Trinajstić information content (AvgIpc) is 3.61. The van der Waals surface area contributed by atoms with Crippen LogP contribution in [0.1, 0.15) is 0 Å². The first-order chi connectivity index (χ1) is 23.2. The Morgan fingerprint density at radius 2 is 0.979 bits per heavy atom. The number of para-hydroxylation sites is 1. The number of aromatic nitrogens is 1. The van der Waals surface area contributed by atoms with Gasteiger partial charge in [0.1, 0.15) is 0 Å². The number of hydrogen-bond acceptors (Lipinski definition) is 1. The van der Waals surface area contributed by atoms with Crippen LogP contribution in [0.5, 0.6) is 0 Å². The Kier molecular flexibility index (Phi) is 5.59. The van der Waals surface area contributed by atoms with E-state index in [9.17, 15) is 0 Å². The molecule has 8 aromatic carbocycles. The lowest BCUT2D eigenvalue weighted by Crippen LogP contribution is -2.21. The lowest BCUT2D eigenvalue weighted by molar-refractivity contribution is 0.593. The molecule has 47 heavy (non-hydrogen) atoms. The third-order valence-corrected chi connectivity index (χ3v) is 13.2. The molecule has 10 rings (SSSR count). The molecule has 0 amide bonds. The van der Waals surface area contributed by atoms with Crippen molar-refractivity contribution < 1.29 is 4.57 Å². The molecule has 1 unspecified atom stereocenters. The summed E-state index contributed by atoms with van der Waals surface area (Å²) in [4.78, 5) is 0. The number of hydrogen-bond donors (Lipinski definition) is 0.